The van der Waals surface area contributed by atoms with Gasteiger partial charge in [0.1, 0.15) is 29.6 Å². The van der Waals surface area contributed by atoms with Crippen LogP contribution in [0.1, 0.15) is 5.56 Å². The molecular weight excluding hydrogens is 334 g/mol. The maximum Gasteiger partial charge on any atom is 0.147 e. The van der Waals surface area contributed by atoms with Gasteiger partial charge < -0.3 is 5.32 Å². The summed E-state index contributed by atoms with van der Waals surface area (Å²) in [5, 5.41) is 11.8. The lowest BCUT2D eigenvalue weighted by Crippen LogP contribution is -2.00. The number of halogens is 2. The Kier molecular flexibility index (Phi) is 3.49. The van der Waals surface area contributed by atoms with Crippen LogP contribution in [-0.2, 0) is 0 Å². The molecule has 0 aliphatic carbocycles. The Labute approximate surface area is 111 Å². The van der Waals surface area contributed by atoms with Crippen LogP contribution in [-0.4, -0.2) is 9.97 Å². The van der Waals surface area contributed by atoms with Crippen LogP contribution in [0.2, 0.25) is 0 Å². The van der Waals surface area contributed by atoms with Crippen molar-refractivity contribution in [1.29, 1.82) is 5.26 Å². The highest BCUT2D eigenvalue weighted by Crippen LogP contribution is 2.23. The fourth-order valence-corrected chi connectivity index (χ4v) is 1.71. The van der Waals surface area contributed by atoms with Crippen molar-refractivity contribution in [2.75, 3.05) is 5.32 Å². The fraction of sp³-hybridized carbons (Fsp3) is 0. The molecule has 4 nitrogen and oxygen atoms in total. The van der Waals surface area contributed by atoms with E-state index in [1.807, 2.05) is 6.07 Å². The predicted octanol–water partition coefficient (Wildman–Crippen LogP) is 2.84. The first-order valence-corrected chi connectivity index (χ1v) is 5.71. The Bertz CT molecular complexity index is 594. The maximum atomic E-state index is 13.4. The summed E-state index contributed by atoms with van der Waals surface area (Å²) in [7, 11) is 0. The summed E-state index contributed by atoms with van der Waals surface area (Å²) >= 11 is 2.06. The number of nitrogens with zero attached hydrogens (tertiary/aromatic N) is 3. The van der Waals surface area contributed by atoms with Gasteiger partial charge in [0.2, 0.25) is 0 Å². The molecule has 0 saturated carbocycles. The van der Waals surface area contributed by atoms with Gasteiger partial charge in [-0.2, -0.15) is 5.26 Å². The van der Waals surface area contributed by atoms with Gasteiger partial charge in [0.15, 0.2) is 0 Å². The Balaban J connectivity index is 2.41. The minimum absolute atomic E-state index is 0.0260. The lowest BCUT2D eigenvalue weighted by Gasteiger charge is -2.08. The average Bonchev–Trinajstić information content (AvgIpc) is 2.32. The first-order valence-electron chi connectivity index (χ1n) is 4.63. The molecule has 1 N–H and O–H groups in total. The molecule has 2 aromatic rings. The lowest BCUT2D eigenvalue weighted by atomic mass is 10.2. The van der Waals surface area contributed by atoms with Gasteiger partial charge in [-0.25, -0.2) is 14.4 Å². The van der Waals surface area contributed by atoms with Crippen LogP contribution >= 0.6 is 22.6 Å². The number of nitrogens with one attached hydrogen (secondary N) is 1. The minimum Gasteiger partial charge on any atom is -0.338 e. The molecule has 84 valence electrons. The van der Waals surface area contributed by atoms with E-state index >= 15 is 0 Å². The van der Waals surface area contributed by atoms with Crippen molar-refractivity contribution < 1.29 is 4.39 Å². The number of hydrogen-bond donors (Lipinski definition) is 1. The number of anilines is 2. The van der Waals surface area contributed by atoms with Gasteiger partial charge >= 0.3 is 0 Å². The van der Waals surface area contributed by atoms with Crippen molar-refractivity contribution in [2.45, 2.75) is 0 Å². The minimum atomic E-state index is -0.554. The predicted molar refractivity (Wildman–Crippen MR) is 69.1 cm³/mol. The van der Waals surface area contributed by atoms with E-state index in [0.717, 1.165) is 3.57 Å². The number of aromatic nitrogens is 2. The second-order valence-corrected chi connectivity index (χ2v) is 4.28. The molecule has 1 aromatic heterocycles. The van der Waals surface area contributed by atoms with E-state index in [0.29, 0.717) is 11.5 Å². The van der Waals surface area contributed by atoms with E-state index in [2.05, 4.69) is 37.9 Å². The third kappa shape index (κ3) is 2.50. The lowest BCUT2D eigenvalue weighted by molar-refractivity contribution is 0.624. The topological polar surface area (TPSA) is 61.6 Å². The summed E-state index contributed by atoms with van der Waals surface area (Å²) < 4.78 is 14.1. The van der Waals surface area contributed by atoms with Gasteiger partial charge in [0.25, 0.3) is 0 Å². The van der Waals surface area contributed by atoms with E-state index in [9.17, 15) is 4.39 Å². The third-order valence-corrected chi connectivity index (χ3v) is 2.84. The summed E-state index contributed by atoms with van der Waals surface area (Å²) in [5.74, 6) is -0.00994. The van der Waals surface area contributed by atoms with E-state index < -0.39 is 5.82 Å². The molecule has 6 heteroatoms. The normalized spacial score (nSPS) is 9.71. The highest BCUT2D eigenvalue weighted by atomic mass is 127. The second kappa shape index (κ2) is 5.05. The zero-order valence-corrected chi connectivity index (χ0v) is 10.6. The summed E-state index contributed by atoms with van der Waals surface area (Å²) in [6.07, 6.45) is 3.01. The molecule has 0 aliphatic heterocycles. The average molecular weight is 340 g/mol. The first kappa shape index (κ1) is 11.7. The summed E-state index contributed by atoms with van der Waals surface area (Å²) in [6.45, 7) is 0. The highest BCUT2D eigenvalue weighted by molar-refractivity contribution is 14.1. The van der Waals surface area contributed by atoms with Gasteiger partial charge in [-0.05, 0) is 34.7 Å². The van der Waals surface area contributed by atoms with Crippen LogP contribution in [0, 0.1) is 20.7 Å². The van der Waals surface area contributed by atoms with Crippen molar-refractivity contribution in [3.63, 3.8) is 0 Å². The monoisotopic (exact) mass is 340 g/mol. The fourth-order valence-electron chi connectivity index (χ4n) is 1.27. The highest BCUT2D eigenvalue weighted by Gasteiger charge is 2.09. The van der Waals surface area contributed by atoms with Gasteiger partial charge in [0, 0.05) is 6.20 Å². The van der Waals surface area contributed by atoms with Crippen molar-refractivity contribution in [2.24, 2.45) is 0 Å². The molecule has 0 unspecified atom stereocenters. The molecule has 0 radical (unpaired) electrons. The molecule has 0 bridgehead atoms. The van der Waals surface area contributed by atoms with Crippen LogP contribution in [0.3, 0.4) is 0 Å². The number of rotatable bonds is 2. The molecule has 0 amide bonds. The largest absolute Gasteiger partial charge is 0.338 e. The van der Waals surface area contributed by atoms with Gasteiger partial charge in [-0.15, -0.1) is 0 Å². The molecule has 0 fully saturated rings. The summed E-state index contributed by atoms with van der Waals surface area (Å²) in [6, 6.07) is 6.22. The molecule has 1 aromatic carbocycles. The van der Waals surface area contributed by atoms with Crippen LogP contribution in [0.4, 0.5) is 15.9 Å². The van der Waals surface area contributed by atoms with Crippen LogP contribution in [0.25, 0.3) is 0 Å². The summed E-state index contributed by atoms with van der Waals surface area (Å²) in [4.78, 5) is 7.87. The van der Waals surface area contributed by atoms with E-state index in [4.69, 9.17) is 5.26 Å². The third-order valence-electron chi connectivity index (χ3n) is 2.05. The Morgan fingerprint density at radius 2 is 2.24 bits per heavy atom. The molecule has 0 spiro atoms. The molecule has 0 aliphatic rings. The van der Waals surface area contributed by atoms with E-state index in [-0.39, 0.29) is 5.56 Å². The first-order chi connectivity index (χ1) is 8.22. The van der Waals surface area contributed by atoms with Crippen LogP contribution < -0.4 is 5.32 Å². The van der Waals surface area contributed by atoms with Crippen molar-refractivity contribution in [1.82, 2.24) is 9.97 Å². The van der Waals surface area contributed by atoms with E-state index in [1.165, 1.54) is 18.5 Å². The standard InChI is InChI=1S/C11H6FIN4/c12-8-2-1-3-10(7(8)4-14)17-11-9(13)5-15-6-16-11/h1-3,5-6H,(H,15,16,17). The Morgan fingerprint density at radius 3 is 2.94 bits per heavy atom. The Hall–Kier alpha value is -1.75. The van der Waals surface area contributed by atoms with E-state index in [1.54, 1.807) is 12.3 Å². The van der Waals surface area contributed by atoms with Crippen LogP contribution in [0.5, 0.6) is 0 Å². The van der Waals surface area contributed by atoms with Crippen molar-refractivity contribution in [3.8, 4) is 6.07 Å². The smallest absolute Gasteiger partial charge is 0.147 e. The van der Waals surface area contributed by atoms with Gasteiger partial charge in [-0.3, -0.25) is 0 Å². The van der Waals surface area contributed by atoms with Gasteiger partial charge in [-0.1, -0.05) is 6.07 Å². The molecule has 1 heterocycles. The SMILES string of the molecule is N#Cc1c(F)cccc1Nc1ncncc1I. The Morgan fingerprint density at radius 1 is 1.41 bits per heavy atom. The molecule has 2 rings (SSSR count). The molecule has 17 heavy (non-hydrogen) atoms. The number of nitriles is 1. The van der Waals surface area contributed by atoms with Crippen molar-refractivity contribution in [3.05, 3.63) is 45.7 Å². The maximum absolute atomic E-state index is 13.4. The molecule has 0 saturated heterocycles. The summed E-state index contributed by atoms with van der Waals surface area (Å²) in [5.41, 5.74) is 0.367. The number of hydrogen-bond acceptors (Lipinski definition) is 4. The zero-order chi connectivity index (χ0) is 12.3. The molecule has 0 atom stereocenters. The number of benzene rings is 1. The van der Waals surface area contributed by atoms with Gasteiger partial charge in [0.05, 0.1) is 9.26 Å². The van der Waals surface area contributed by atoms with Crippen LogP contribution in [0.15, 0.2) is 30.7 Å². The van der Waals surface area contributed by atoms with Crippen molar-refractivity contribution >= 4 is 34.1 Å². The zero-order valence-electron chi connectivity index (χ0n) is 8.48. The second-order valence-electron chi connectivity index (χ2n) is 3.12. The quantitative estimate of drug-likeness (QED) is 0.854. The molecular formula is C11H6FIN4.